The number of para-hydroxylation sites is 1. The molecule has 3 rings (SSSR count). The predicted molar refractivity (Wildman–Crippen MR) is 88.9 cm³/mol. The van der Waals surface area contributed by atoms with Crippen molar-refractivity contribution < 1.29 is 18.7 Å². The van der Waals surface area contributed by atoms with Gasteiger partial charge in [-0.15, -0.1) is 0 Å². The number of rotatable bonds is 4. The Morgan fingerprint density at radius 2 is 1.88 bits per heavy atom. The molecule has 0 radical (unpaired) electrons. The van der Waals surface area contributed by atoms with Crippen molar-refractivity contribution >= 4 is 23.6 Å². The maximum atomic E-state index is 12.8. The molecule has 0 N–H and O–H groups in total. The second kappa shape index (κ2) is 7.08. The van der Waals surface area contributed by atoms with Gasteiger partial charge in [-0.25, -0.2) is 9.18 Å². The Morgan fingerprint density at radius 1 is 1.12 bits per heavy atom. The lowest BCUT2D eigenvalue weighted by Gasteiger charge is -2.16. The van der Waals surface area contributed by atoms with Gasteiger partial charge in [0.15, 0.2) is 6.61 Å². The fourth-order valence-electron chi connectivity index (χ4n) is 2.59. The van der Waals surface area contributed by atoms with Crippen molar-refractivity contribution in [2.75, 3.05) is 18.1 Å². The van der Waals surface area contributed by atoms with Gasteiger partial charge in [0.1, 0.15) is 5.82 Å². The molecule has 0 atom stereocenters. The van der Waals surface area contributed by atoms with Crippen LogP contribution in [0, 0.1) is 5.82 Å². The van der Waals surface area contributed by atoms with Crippen molar-refractivity contribution in [3.05, 3.63) is 71.6 Å². The standard InChI is InChI=1S/C19H16FNO3/c20-16-8-5-14(6-9-16)7-10-19(23)24-13-18(22)21-12-11-15-3-1-2-4-17(15)21/h1-10H,11-13H2. The van der Waals surface area contributed by atoms with Crippen LogP contribution in [0.2, 0.25) is 0 Å². The van der Waals surface area contributed by atoms with E-state index in [0.29, 0.717) is 12.1 Å². The maximum Gasteiger partial charge on any atom is 0.331 e. The van der Waals surface area contributed by atoms with Crippen LogP contribution in [-0.2, 0) is 20.7 Å². The summed E-state index contributed by atoms with van der Waals surface area (Å²) in [6.07, 6.45) is 3.54. The van der Waals surface area contributed by atoms with Gasteiger partial charge in [0.2, 0.25) is 0 Å². The third-order valence-electron chi connectivity index (χ3n) is 3.81. The number of hydrogen-bond acceptors (Lipinski definition) is 3. The minimum absolute atomic E-state index is 0.247. The molecule has 0 unspecified atom stereocenters. The SMILES string of the molecule is O=C(C=Cc1ccc(F)cc1)OCC(=O)N1CCc2ccccc21. The van der Waals surface area contributed by atoms with E-state index in [4.69, 9.17) is 4.74 Å². The molecular formula is C19H16FNO3. The minimum atomic E-state index is -0.611. The van der Waals surface area contributed by atoms with Gasteiger partial charge >= 0.3 is 5.97 Å². The van der Waals surface area contributed by atoms with Gasteiger partial charge in [-0.1, -0.05) is 30.3 Å². The van der Waals surface area contributed by atoms with Gasteiger partial charge in [-0.05, 0) is 41.8 Å². The van der Waals surface area contributed by atoms with Crippen LogP contribution in [0.5, 0.6) is 0 Å². The van der Waals surface area contributed by atoms with Crippen molar-refractivity contribution in [1.82, 2.24) is 0 Å². The quantitative estimate of drug-likeness (QED) is 0.641. The molecule has 24 heavy (non-hydrogen) atoms. The zero-order chi connectivity index (χ0) is 16.9. The number of anilines is 1. The molecule has 0 aromatic heterocycles. The monoisotopic (exact) mass is 325 g/mol. The van der Waals surface area contributed by atoms with E-state index in [-0.39, 0.29) is 18.3 Å². The van der Waals surface area contributed by atoms with Crippen LogP contribution in [0.15, 0.2) is 54.6 Å². The third kappa shape index (κ3) is 3.68. The van der Waals surface area contributed by atoms with E-state index < -0.39 is 5.97 Å². The second-order valence-electron chi connectivity index (χ2n) is 5.42. The summed E-state index contributed by atoms with van der Waals surface area (Å²) in [6.45, 7) is 0.294. The molecule has 0 aliphatic carbocycles. The predicted octanol–water partition coefficient (Wildman–Crippen LogP) is 2.97. The lowest BCUT2D eigenvalue weighted by molar-refractivity contribution is -0.142. The highest BCUT2D eigenvalue weighted by Gasteiger charge is 2.24. The Kier molecular flexibility index (Phi) is 4.70. The molecule has 0 bridgehead atoms. The number of carbonyl (C=O) groups is 2. The van der Waals surface area contributed by atoms with Crippen molar-refractivity contribution in [2.45, 2.75) is 6.42 Å². The van der Waals surface area contributed by atoms with E-state index in [0.717, 1.165) is 17.7 Å². The molecule has 2 aromatic rings. The van der Waals surface area contributed by atoms with E-state index >= 15 is 0 Å². The number of amides is 1. The number of esters is 1. The highest BCUT2D eigenvalue weighted by atomic mass is 19.1. The van der Waals surface area contributed by atoms with Crippen LogP contribution < -0.4 is 4.90 Å². The molecule has 5 heteroatoms. The summed E-state index contributed by atoms with van der Waals surface area (Å²) in [5.41, 5.74) is 2.67. The summed E-state index contributed by atoms with van der Waals surface area (Å²) < 4.78 is 17.8. The van der Waals surface area contributed by atoms with Crippen LogP contribution in [-0.4, -0.2) is 25.0 Å². The Labute approximate surface area is 139 Å². The highest BCUT2D eigenvalue weighted by molar-refractivity contribution is 5.98. The maximum absolute atomic E-state index is 12.8. The lowest BCUT2D eigenvalue weighted by Crippen LogP contribution is -2.33. The topological polar surface area (TPSA) is 46.6 Å². The number of hydrogen-bond donors (Lipinski definition) is 0. The smallest absolute Gasteiger partial charge is 0.331 e. The van der Waals surface area contributed by atoms with E-state index in [1.807, 2.05) is 24.3 Å². The van der Waals surface area contributed by atoms with Crippen molar-refractivity contribution in [1.29, 1.82) is 0 Å². The number of halogens is 1. The molecule has 1 amide bonds. The first kappa shape index (κ1) is 15.9. The van der Waals surface area contributed by atoms with Crippen LogP contribution in [0.25, 0.3) is 6.08 Å². The number of ether oxygens (including phenoxy) is 1. The van der Waals surface area contributed by atoms with Gasteiger partial charge in [0, 0.05) is 18.3 Å². The van der Waals surface area contributed by atoms with Crippen LogP contribution in [0.1, 0.15) is 11.1 Å². The molecule has 0 saturated heterocycles. The summed E-state index contributed by atoms with van der Waals surface area (Å²) in [7, 11) is 0. The summed E-state index contributed by atoms with van der Waals surface area (Å²) in [5.74, 6) is -1.20. The van der Waals surface area contributed by atoms with Crippen LogP contribution >= 0.6 is 0 Å². The highest BCUT2D eigenvalue weighted by Crippen LogP contribution is 2.27. The molecule has 122 valence electrons. The van der Waals surface area contributed by atoms with Gasteiger partial charge in [-0.2, -0.15) is 0 Å². The number of carbonyl (C=O) groups excluding carboxylic acids is 2. The Hall–Kier alpha value is -2.95. The average molecular weight is 325 g/mol. The zero-order valence-corrected chi connectivity index (χ0v) is 12.9. The normalized spacial score (nSPS) is 13.1. The van der Waals surface area contributed by atoms with Gasteiger partial charge in [0.25, 0.3) is 5.91 Å². The molecular weight excluding hydrogens is 309 g/mol. The van der Waals surface area contributed by atoms with E-state index in [1.54, 1.807) is 17.0 Å². The minimum Gasteiger partial charge on any atom is -0.452 e. The van der Waals surface area contributed by atoms with E-state index in [2.05, 4.69) is 0 Å². The number of fused-ring (bicyclic) bond motifs is 1. The molecule has 1 aliphatic rings. The second-order valence-corrected chi connectivity index (χ2v) is 5.42. The Morgan fingerprint density at radius 3 is 2.67 bits per heavy atom. The van der Waals surface area contributed by atoms with Crippen LogP contribution in [0.4, 0.5) is 10.1 Å². The summed E-state index contributed by atoms with van der Waals surface area (Å²) in [5, 5.41) is 0. The largest absolute Gasteiger partial charge is 0.452 e. The first-order valence-electron chi connectivity index (χ1n) is 7.62. The molecule has 2 aromatic carbocycles. The Balaban J connectivity index is 1.53. The van der Waals surface area contributed by atoms with Crippen molar-refractivity contribution in [3.63, 3.8) is 0 Å². The molecule has 0 spiro atoms. The van der Waals surface area contributed by atoms with Crippen LogP contribution in [0.3, 0.4) is 0 Å². The van der Waals surface area contributed by atoms with E-state index in [1.165, 1.54) is 24.3 Å². The first-order valence-corrected chi connectivity index (χ1v) is 7.62. The average Bonchev–Trinajstić information content (AvgIpc) is 3.03. The Bertz CT molecular complexity index is 783. The van der Waals surface area contributed by atoms with Crippen molar-refractivity contribution in [2.24, 2.45) is 0 Å². The van der Waals surface area contributed by atoms with E-state index in [9.17, 15) is 14.0 Å². The molecule has 1 aliphatic heterocycles. The molecule has 1 heterocycles. The fraction of sp³-hybridized carbons (Fsp3) is 0.158. The molecule has 0 fully saturated rings. The summed E-state index contributed by atoms with van der Waals surface area (Å²) in [4.78, 5) is 25.5. The summed E-state index contributed by atoms with van der Waals surface area (Å²) >= 11 is 0. The lowest BCUT2D eigenvalue weighted by atomic mass is 10.2. The molecule has 4 nitrogen and oxygen atoms in total. The van der Waals surface area contributed by atoms with Gasteiger partial charge in [0.05, 0.1) is 0 Å². The number of nitrogens with zero attached hydrogens (tertiary/aromatic N) is 1. The first-order chi connectivity index (χ1) is 11.6. The molecule has 0 saturated carbocycles. The number of benzene rings is 2. The fourth-order valence-corrected chi connectivity index (χ4v) is 2.59. The zero-order valence-electron chi connectivity index (χ0n) is 12.9. The van der Waals surface area contributed by atoms with Gasteiger partial charge < -0.3 is 9.64 Å². The van der Waals surface area contributed by atoms with Crippen molar-refractivity contribution in [3.8, 4) is 0 Å². The third-order valence-corrected chi connectivity index (χ3v) is 3.81. The summed E-state index contributed by atoms with van der Waals surface area (Å²) in [6, 6.07) is 13.4. The van der Waals surface area contributed by atoms with Gasteiger partial charge in [-0.3, -0.25) is 4.79 Å².